The predicted octanol–water partition coefficient (Wildman–Crippen LogP) is 3.18. The number of hydrogen-bond donors (Lipinski definition) is 2. The number of carboxylic acid groups (broad SMARTS) is 1. The highest BCUT2D eigenvalue weighted by atomic mass is 19.1. The van der Waals surface area contributed by atoms with Gasteiger partial charge in [0.2, 0.25) is 0 Å². The first-order valence-corrected chi connectivity index (χ1v) is 5.33. The number of carbonyl (C=O) groups is 1. The van der Waals surface area contributed by atoms with Gasteiger partial charge in [0.05, 0.1) is 11.3 Å². The van der Waals surface area contributed by atoms with Crippen molar-refractivity contribution in [2.24, 2.45) is 0 Å². The first-order chi connectivity index (χ1) is 9.36. The van der Waals surface area contributed by atoms with E-state index in [-0.39, 0.29) is 17.2 Å². The molecule has 2 rings (SSSR count). The molecule has 0 aliphatic rings. The van der Waals surface area contributed by atoms with Crippen molar-refractivity contribution in [2.45, 2.75) is 0 Å². The molecule has 0 radical (unpaired) electrons. The van der Waals surface area contributed by atoms with Crippen LogP contribution in [0.15, 0.2) is 30.3 Å². The maximum Gasteiger partial charge on any atom is 0.338 e. The second-order valence-corrected chi connectivity index (χ2v) is 3.88. The molecule has 0 bridgehead atoms. The summed E-state index contributed by atoms with van der Waals surface area (Å²) in [5.41, 5.74) is 4.71. The van der Waals surface area contributed by atoms with Crippen molar-refractivity contribution in [1.29, 1.82) is 0 Å². The standard InChI is InChI=1S/C13H8F3NO3/c14-6-1-7(15)3-8(2-6)20-12-5-10(16)9(13(18)19)4-11(12)17/h1-5H,17H2,(H,18,19). The van der Waals surface area contributed by atoms with E-state index in [4.69, 9.17) is 15.6 Å². The zero-order valence-corrected chi connectivity index (χ0v) is 9.86. The molecule has 0 aliphatic heterocycles. The highest BCUT2D eigenvalue weighted by Gasteiger charge is 2.15. The van der Waals surface area contributed by atoms with Crippen molar-refractivity contribution >= 4 is 11.7 Å². The quantitative estimate of drug-likeness (QED) is 0.848. The lowest BCUT2D eigenvalue weighted by Crippen LogP contribution is -2.03. The first-order valence-electron chi connectivity index (χ1n) is 5.33. The van der Waals surface area contributed by atoms with Crippen molar-refractivity contribution in [3.8, 4) is 11.5 Å². The average Bonchev–Trinajstić information content (AvgIpc) is 2.31. The Hall–Kier alpha value is -2.70. The Morgan fingerprint density at radius 2 is 1.65 bits per heavy atom. The fourth-order valence-corrected chi connectivity index (χ4v) is 1.54. The molecule has 20 heavy (non-hydrogen) atoms. The van der Waals surface area contributed by atoms with Crippen LogP contribution in [-0.2, 0) is 0 Å². The number of carboxylic acids is 1. The predicted molar refractivity (Wildman–Crippen MR) is 64.2 cm³/mol. The summed E-state index contributed by atoms with van der Waals surface area (Å²) in [7, 11) is 0. The van der Waals surface area contributed by atoms with Crippen LogP contribution in [0.1, 0.15) is 10.4 Å². The van der Waals surface area contributed by atoms with Crippen molar-refractivity contribution in [2.75, 3.05) is 5.73 Å². The maximum atomic E-state index is 13.5. The highest BCUT2D eigenvalue weighted by Crippen LogP contribution is 2.30. The molecule has 2 aromatic carbocycles. The van der Waals surface area contributed by atoms with Crippen molar-refractivity contribution in [3.05, 3.63) is 53.3 Å². The molecule has 2 aromatic rings. The van der Waals surface area contributed by atoms with Crippen LogP contribution in [0.2, 0.25) is 0 Å². The van der Waals surface area contributed by atoms with Gasteiger partial charge in [-0.05, 0) is 6.07 Å². The Bertz CT molecular complexity index is 669. The van der Waals surface area contributed by atoms with Crippen molar-refractivity contribution in [3.63, 3.8) is 0 Å². The third-order valence-corrected chi connectivity index (χ3v) is 2.39. The lowest BCUT2D eigenvalue weighted by molar-refractivity contribution is 0.0692. The van der Waals surface area contributed by atoms with E-state index in [1.165, 1.54) is 0 Å². The minimum absolute atomic E-state index is 0.173. The van der Waals surface area contributed by atoms with Gasteiger partial charge in [-0.3, -0.25) is 0 Å². The molecule has 0 aromatic heterocycles. The Morgan fingerprint density at radius 3 is 2.20 bits per heavy atom. The minimum Gasteiger partial charge on any atom is -0.478 e. The second kappa shape index (κ2) is 5.12. The number of anilines is 1. The third kappa shape index (κ3) is 2.82. The van der Waals surface area contributed by atoms with E-state index < -0.39 is 29.0 Å². The van der Waals surface area contributed by atoms with Crippen LogP contribution in [0.5, 0.6) is 11.5 Å². The number of hydrogen-bond acceptors (Lipinski definition) is 3. The summed E-state index contributed by atoms with van der Waals surface area (Å²) in [6, 6.07) is 4.01. The van der Waals surface area contributed by atoms with Gasteiger partial charge >= 0.3 is 5.97 Å². The fourth-order valence-electron chi connectivity index (χ4n) is 1.54. The molecule has 3 N–H and O–H groups in total. The zero-order valence-electron chi connectivity index (χ0n) is 9.86. The molecule has 0 saturated heterocycles. The average molecular weight is 283 g/mol. The Kier molecular flexibility index (Phi) is 3.51. The number of aromatic carboxylic acids is 1. The first kappa shape index (κ1) is 13.7. The van der Waals surface area contributed by atoms with Crippen LogP contribution in [0, 0.1) is 17.5 Å². The summed E-state index contributed by atoms with van der Waals surface area (Å²) in [6.45, 7) is 0. The van der Waals surface area contributed by atoms with E-state index >= 15 is 0 Å². The van der Waals surface area contributed by atoms with E-state index in [2.05, 4.69) is 0 Å². The number of halogens is 3. The normalized spacial score (nSPS) is 10.3. The molecule has 0 saturated carbocycles. The Labute approximate surface area is 111 Å². The van der Waals surface area contributed by atoms with E-state index in [1.807, 2.05) is 0 Å². The largest absolute Gasteiger partial charge is 0.478 e. The topological polar surface area (TPSA) is 72.6 Å². The zero-order chi connectivity index (χ0) is 14.9. The molecule has 0 aliphatic carbocycles. The van der Waals surface area contributed by atoms with Crippen molar-refractivity contribution < 1.29 is 27.8 Å². The second-order valence-electron chi connectivity index (χ2n) is 3.88. The van der Waals surface area contributed by atoms with E-state index in [0.717, 1.165) is 24.3 Å². The Morgan fingerprint density at radius 1 is 1.05 bits per heavy atom. The van der Waals surface area contributed by atoms with Gasteiger partial charge in [0.15, 0.2) is 5.75 Å². The van der Waals surface area contributed by atoms with Gasteiger partial charge in [-0.1, -0.05) is 0 Å². The van der Waals surface area contributed by atoms with Gasteiger partial charge in [0, 0.05) is 24.3 Å². The van der Waals surface area contributed by atoms with Gasteiger partial charge in [-0.2, -0.15) is 0 Å². The molecule has 104 valence electrons. The van der Waals surface area contributed by atoms with Gasteiger partial charge < -0.3 is 15.6 Å². The molecule has 0 heterocycles. The fraction of sp³-hybridized carbons (Fsp3) is 0. The van der Waals surface area contributed by atoms with Crippen molar-refractivity contribution in [1.82, 2.24) is 0 Å². The van der Waals surface area contributed by atoms with Gasteiger partial charge in [0.1, 0.15) is 23.2 Å². The molecular weight excluding hydrogens is 275 g/mol. The smallest absolute Gasteiger partial charge is 0.338 e. The summed E-state index contributed by atoms with van der Waals surface area (Å²) in [5, 5.41) is 8.71. The molecule has 4 nitrogen and oxygen atoms in total. The van der Waals surface area contributed by atoms with E-state index in [9.17, 15) is 18.0 Å². The van der Waals surface area contributed by atoms with Crippen LogP contribution >= 0.6 is 0 Å². The number of rotatable bonds is 3. The van der Waals surface area contributed by atoms with Crippen LogP contribution in [-0.4, -0.2) is 11.1 Å². The van der Waals surface area contributed by atoms with Gasteiger partial charge in [-0.25, -0.2) is 18.0 Å². The maximum absolute atomic E-state index is 13.5. The number of benzene rings is 2. The SMILES string of the molecule is Nc1cc(C(=O)O)c(F)cc1Oc1cc(F)cc(F)c1. The van der Waals surface area contributed by atoms with Crippen LogP contribution in [0.3, 0.4) is 0 Å². The molecule has 0 atom stereocenters. The number of ether oxygens (including phenoxy) is 1. The van der Waals surface area contributed by atoms with Gasteiger partial charge in [-0.15, -0.1) is 0 Å². The molecule has 7 heteroatoms. The summed E-state index contributed by atoms with van der Waals surface area (Å²) in [5.74, 6) is -4.77. The van der Waals surface area contributed by atoms with Gasteiger partial charge in [0.25, 0.3) is 0 Å². The molecule has 0 fully saturated rings. The van der Waals surface area contributed by atoms with E-state index in [1.54, 1.807) is 0 Å². The number of nitrogens with two attached hydrogens (primary N) is 1. The molecule has 0 amide bonds. The molecule has 0 unspecified atom stereocenters. The van der Waals surface area contributed by atoms with Crippen LogP contribution in [0.25, 0.3) is 0 Å². The third-order valence-electron chi connectivity index (χ3n) is 2.39. The summed E-state index contributed by atoms with van der Waals surface area (Å²) in [4.78, 5) is 10.7. The minimum atomic E-state index is -1.49. The lowest BCUT2D eigenvalue weighted by Gasteiger charge is -2.10. The van der Waals surface area contributed by atoms with E-state index in [0.29, 0.717) is 6.07 Å². The highest BCUT2D eigenvalue weighted by molar-refractivity contribution is 5.89. The summed E-state index contributed by atoms with van der Waals surface area (Å²) < 4.78 is 44.5. The Balaban J connectivity index is 2.39. The monoisotopic (exact) mass is 283 g/mol. The molecule has 0 spiro atoms. The van der Waals surface area contributed by atoms with Crippen LogP contribution in [0.4, 0.5) is 18.9 Å². The summed E-state index contributed by atoms with van der Waals surface area (Å²) in [6.07, 6.45) is 0. The number of nitrogen functional groups attached to an aromatic ring is 1. The lowest BCUT2D eigenvalue weighted by atomic mass is 10.1. The summed E-state index contributed by atoms with van der Waals surface area (Å²) >= 11 is 0. The molecular formula is C13H8F3NO3. The van der Waals surface area contributed by atoms with Crippen LogP contribution < -0.4 is 10.5 Å².